The molecule has 1 saturated heterocycles. The Labute approximate surface area is 104 Å². The first-order valence-electron chi connectivity index (χ1n) is 6.22. The number of hydrogen-bond acceptors (Lipinski definition) is 3. The van der Waals surface area contributed by atoms with Crippen molar-refractivity contribution in [3.63, 3.8) is 0 Å². The molecule has 0 spiro atoms. The van der Waals surface area contributed by atoms with Crippen LogP contribution in [-0.4, -0.2) is 19.4 Å². The van der Waals surface area contributed by atoms with E-state index >= 15 is 0 Å². The van der Waals surface area contributed by atoms with E-state index in [0.29, 0.717) is 5.92 Å². The Morgan fingerprint density at radius 1 is 1.17 bits per heavy atom. The average Bonchev–Trinajstić information content (AvgIpc) is 2.63. The first kappa shape index (κ1) is 11.7. The van der Waals surface area contributed by atoms with Crippen molar-refractivity contribution in [1.29, 1.82) is 0 Å². The van der Waals surface area contributed by atoms with Crippen molar-refractivity contribution < 1.29 is 18.3 Å². The van der Waals surface area contributed by atoms with Crippen molar-refractivity contribution >= 4 is 0 Å². The summed E-state index contributed by atoms with van der Waals surface area (Å²) in [7, 11) is 0. The normalized spacial score (nSPS) is 22.1. The molecule has 1 aromatic rings. The van der Waals surface area contributed by atoms with E-state index in [1.165, 1.54) is 0 Å². The van der Waals surface area contributed by atoms with Crippen molar-refractivity contribution in [2.75, 3.05) is 13.1 Å². The monoisotopic (exact) mass is 255 g/mol. The van der Waals surface area contributed by atoms with Gasteiger partial charge < -0.3 is 14.8 Å². The second-order valence-corrected chi connectivity index (χ2v) is 4.85. The van der Waals surface area contributed by atoms with Crippen molar-refractivity contribution in [3.8, 4) is 11.5 Å². The summed E-state index contributed by atoms with van der Waals surface area (Å²) >= 11 is 0. The maximum Gasteiger partial charge on any atom is 0.586 e. The minimum atomic E-state index is -3.52. The minimum Gasteiger partial charge on any atom is -0.395 e. The number of nitrogens with one attached hydrogen (secondary N) is 1. The summed E-state index contributed by atoms with van der Waals surface area (Å²) in [6, 6.07) is 5.07. The molecule has 1 aromatic carbocycles. The predicted octanol–water partition coefficient (Wildman–Crippen LogP) is 2.55. The van der Waals surface area contributed by atoms with Crippen LogP contribution in [0.1, 0.15) is 18.4 Å². The van der Waals surface area contributed by atoms with Crippen LogP contribution in [0.15, 0.2) is 18.2 Å². The first-order valence-corrected chi connectivity index (χ1v) is 6.22. The van der Waals surface area contributed by atoms with Gasteiger partial charge in [0.05, 0.1) is 0 Å². The summed E-state index contributed by atoms with van der Waals surface area (Å²) in [5.41, 5.74) is 1.03. The molecular weight excluding hydrogens is 240 g/mol. The zero-order valence-corrected chi connectivity index (χ0v) is 9.92. The molecule has 18 heavy (non-hydrogen) atoms. The number of hydrogen-bond donors (Lipinski definition) is 1. The quantitative estimate of drug-likeness (QED) is 0.881. The van der Waals surface area contributed by atoms with E-state index < -0.39 is 6.29 Å². The molecule has 0 unspecified atom stereocenters. The molecule has 0 bridgehead atoms. The van der Waals surface area contributed by atoms with Crippen molar-refractivity contribution in [3.05, 3.63) is 23.8 Å². The van der Waals surface area contributed by atoms with Gasteiger partial charge in [0.15, 0.2) is 11.5 Å². The summed E-state index contributed by atoms with van der Waals surface area (Å²) in [6.45, 7) is 2.07. The number of alkyl halides is 2. The third-order valence-electron chi connectivity index (χ3n) is 3.45. The lowest BCUT2D eigenvalue weighted by Gasteiger charge is -2.22. The molecule has 0 saturated carbocycles. The van der Waals surface area contributed by atoms with Crippen LogP contribution in [0.25, 0.3) is 0 Å². The molecule has 2 aliphatic heterocycles. The smallest absolute Gasteiger partial charge is 0.395 e. The lowest BCUT2D eigenvalue weighted by Crippen LogP contribution is -2.28. The summed E-state index contributed by atoms with van der Waals surface area (Å²) < 4.78 is 34.6. The molecule has 2 heterocycles. The van der Waals surface area contributed by atoms with E-state index in [-0.39, 0.29) is 11.5 Å². The first-order chi connectivity index (χ1) is 8.62. The second-order valence-electron chi connectivity index (χ2n) is 4.85. The lowest BCUT2D eigenvalue weighted by atomic mass is 9.91. The van der Waals surface area contributed by atoms with E-state index in [2.05, 4.69) is 14.8 Å². The van der Waals surface area contributed by atoms with Crippen molar-refractivity contribution in [1.82, 2.24) is 5.32 Å². The van der Waals surface area contributed by atoms with Crippen LogP contribution in [0.2, 0.25) is 0 Å². The molecule has 0 amide bonds. The van der Waals surface area contributed by atoms with Crippen LogP contribution in [0, 0.1) is 5.92 Å². The van der Waals surface area contributed by atoms with Crippen LogP contribution in [-0.2, 0) is 6.42 Å². The van der Waals surface area contributed by atoms with Gasteiger partial charge in [0.1, 0.15) is 0 Å². The molecule has 1 N–H and O–H groups in total. The highest BCUT2D eigenvalue weighted by atomic mass is 19.3. The van der Waals surface area contributed by atoms with E-state index in [1.54, 1.807) is 12.1 Å². The lowest BCUT2D eigenvalue weighted by molar-refractivity contribution is -0.286. The minimum absolute atomic E-state index is 0.120. The molecule has 2 aliphatic rings. The third-order valence-corrected chi connectivity index (χ3v) is 3.45. The molecule has 3 nitrogen and oxygen atoms in total. The highest BCUT2D eigenvalue weighted by Gasteiger charge is 2.43. The number of benzene rings is 1. The predicted molar refractivity (Wildman–Crippen MR) is 61.9 cm³/mol. The zero-order chi connectivity index (χ0) is 12.6. The number of halogens is 2. The Kier molecular flexibility index (Phi) is 2.86. The van der Waals surface area contributed by atoms with Crippen LogP contribution in [0.3, 0.4) is 0 Å². The van der Waals surface area contributed by atoms with Gasteiger partial charge in [-0.2, -0.15) is 0 Å². The molecule has 0 aromatic heterocycles. The number of fused-ring (bicyclic) bond motifs is 1. The molecule has 1 fully saturated rings. The van der Waals surface area contributed by atoms with Gasteiger partial charge in [-0.1, -0.05) is 6.07 Å². The van der Waals surface area contributed by atoms with E-state index in [4.69, 9.17) is 0 Å². The fourth-order valence-electron chi connectivity index (χ4n) is 2.54. The molecule has 98 valence electrons. The maximum atomic E-state index is 12.9. The third kappa shape index (κ3) is 2.41. The van der Waals surface area contributed by atoms with Gasteiger partial charge in [0.2, 0.25) is 0 Å². The van der Waals surface area contributed by atoms with Gasteiger partial charge >= 0.3 is 6.29 Å². The topological polar surface area (TPSA) is 30.5 Å². The fourth-order valence-corrected chi connectivity index (χ4v) is 2.54. The maximum absolute atomic E-state index is 12.9. The Morgan fingerprint density at radius 2 is 1.89 bits per heavy atom. The SMILES string of the molecule is FC1(F)Oc2ccc(CC3CCNCC3)cc2O1. The van der Waals surface area contributed by atoms with Crippen molar-refractivity contribution in [2.24, 2.45) is 5.92 Å². The van der Waals surface area contributed by atoms with Crippen LogP contribution >= 0.6 is 0 Å². The van der Waals surface area contributed by atoms with Gasteiger partial charge in [-0.15, -0.1) is 8.78 Å². The summed E-state index contributed by atoms with van der Waals surface area (Å²) in [4.78, 5) is 0. The Hall–Kier alpha value is -1.36. The summed E-state index contributed by atoms with van der Waals surface area (Å²) in [6.07, 6.45) is -0.352. The van der Waals surface area contributed by atoms with Gasteiger partial charge in [-0.25, -0.2) is 0 Å². The summed E-state index contributed by atoms with van der Waals surface area (Å²) in [5.74, 6) is 0.882. The fraction of sp³-hybridized carbons (Fsp3) is 0.538. The van der Waals surface area contributed by atoms with Crippen LogP contribution in [0.4, 0.5) is 8.78 Å². The van der Waals surface area contributed by atoms with Gasteiger partial charge in [0.25, 0.3) is 0 Å². The average molecular weight is 255 g/mol. The molecule has 5 heteroatoms. The van der Waals surface area contributed by atoms with Crippen LogP contribution in [0.5, 0.6) is 11.5 Å². The van der Waals surface area contributed by atoms with Gasteiger partial charge in [-0.05, 0) is 56.0 Å². The molecule has 0 aliphatic carbocycles. The Morgan fingerprint density at radius 3 is 2.67 bits per heavy atom. The number of piperidine rings is 1. The zero-order valence-electron chi connectivity index (χ0n) is 9.92. The van der Waals surface area contributed by atoms with Crippen molar-refractivity contribution in [2.45, 2.75) is 25.6 Å². The molecule has 3 rings (SSSR count). The Bertz CT molecular complexity index is 445. The largest absolute Gasteiger partial charge is 0.586 e. The number of ether oxygens (including phenoxy) is 2. The van der Waals surface area contributed by atoms with Gasteiger partial charge in [-0.3, -0.25) is 0 Å². The standard InChI is InChI=1S/C13H15F2NO2/c14-13(15)17-11-2-1-10(8-12(11)18-13)7-9-3-5-16-6-4-9/h1-2,8-9,16H,3-7H2. The highest BCUT2D eigenvalue weighted by Crippen LogP contribution is 2.41. The second kappa shape index (κ2) is 4.39. The van der Waals surface area contributed by atoms with E-state index in [1.807, 2.05) is 6.07 Å². The van der Waals surface area contributed by atoms with E-state index in [9.17, 15) is 8.78 Å². The molecule has 0 atom stereocenters. The van der Waals surface area contributed by atoms with E-state index in [0.717, 1.165) is 37.9 Å². The highest BCUT2D eigenvalue weighted by molar-refractivity contribution is 5.45. The number of rotatable bonds is 2. The molecular formula is C13H15F2NO2. The van der Waals surface area contributed by atoms with Gasteiger partial charge in [0, 0.05) is 0 Å². The van der Waals surface area contributed by atoms with Crippen LogP contribution < -0.4 is 14.8 Å². The summed E-state index contributed by atoms with van der Waals surface area (Å²) in [5, 5.41) is 3.31. The Balaban J connectivity index is 1.71. The molecule has 0 radical (unpaired) electrons.